The highest BCUT2D eigenvalue weighted by Gasteiger charge is 2.32. The largest absolute Gasteiger partial charge is 0.305 e. The van der Waals surface area contributed by atoms with E-state index in [0.717, 1.165) is 18.4 Å². The number of rotatable bonds is 5. The molecular weight excluding hydrogens is 246 g/mol. The Morgan fingerprint density at radius 1 is 1.24 bits per heavy atom. The first-order valence-electron chi connectivity index (χ1n) is 6.15. The number of thiophene rings is 2. The van der Waals surface area contributed by atoms with Crippen LogP contribution in [-0.4, -0.2) is 6.54 Å². The second-order valence-corrected chi connectivity index (χ2v) is 6.80. The zero-order chi connectivity index (χ0) is 11.7. The summed E-state index contributed by atoms with van der Waals surface area (Å²) in [6.45, 7) is 3.50. The van der Waals surface area contributed by atoms with Crippen molar-refractivity contribution in [2.24, 2.45) is 11.8 Å². The maximum Gasteiger partial charge on any atom is 0.0764 e. The lowest BCUT2D eigenvalue weighted by Gasteiger charge is -2.16. The summed E-state index contributed by atoms with van der Waals surface area (Å²) in [6, 6.07) is 9.16. The zero-order valence-electron chi connectivity index (χ0n) is 9.93. The third-order valence-corrected chi connectivity index (χ3v) is 5.39. The number of hydrogen-bond acceptors (Lipinski definition) is 3. The van der Waals surface area contributed by atoms with Crippen LogP contribution < -0.4 is 5.32 Å². The Morgan fingerprint density at radius 3 is 2.24 bits per heavy atom. The monoisotopic (exact) mass is 263 g/mol. The molecule has 3 heteroatoms. The van der Waals surface area contributed by atoms with Crippen molar-refractivity contribution in [3.8, 4) is 0 Å². The third-order valence-electron chi connectivity index (χ3n) is 3.52. The van der Waals surface area contributed by atoms with Gasteiger partial charge in [0.25, 0.3) is 0 Å². The fourth-order valence-electron chi connectivity index (χ4n) is 2.21. The third kappa shape index (κ3) is 2.62. The van der Waals surface area contributed by atoms with Crippen LogP contribution in [0.5, 0.6) is 0 Å². The van der Waals surface area contributed by atoms with Crippen molar-refractivity contribution in [3.05, 3.63) is 44.8 Å². The first-order valence-corrected chi connectivity index (χ1v) is 7.90. The van der Waals surface area contributed by atoms with Gasteiger partial charge in [-0.1, -0.05) is 19.1 Å². The summed E-state index contributed by atoms with van der Waals surface area (Å²) in [6.07, 6.45) is 1.40. The molecule has 2 unspecified atom stereocenters. The molecule has 2 heterocycles. The molecular formula is C14H17NS2. The average Bonchev–Trinajstić information content (AvgIpc) is 2.85. The minimum Gasteiger partial charge on any atom is -0.305 e. The van der Waals surface area contributed by atoms with Crippen molar-refractivity contribution in [3.63, 3.8) is 0 Å². The SMILES string of the molecule is CC1CC1CNC(c1cccs1)c1cccs1. The van der Waals surface area contributed by atoms with Crippen molar-refractivity contribution in [1.29, 1.82) is 0 Å². The van der Waals surface area contributed by atoms with E-state index in [9.17, 15) is 0 Å². The fourth-order valence-corrected chi connectivity index (χ4v) is 3.92. The van der Waals surface area contributed by atoms with E-state index in [1.54, 1.807) is 0 Å². The van der Waals surface area contributed by atoms with Gasteiger partial charge in [-0.25, -0.2) is 0 Å². The van der Waals surface area contributed by atoms with Gasteiger partial charge in [0.05, 0.1) is 6.04 Å². The Balaban J connectivity index is 1.72. The van der Waals surface area contributed by atoms with Gasteiger partial charge in [0.15, 0.2) is 0 Å². The van der Waals surface area contributed by atoms with Gasteiger partial charge in [0.2, 0.25) is 0 Å². The van der Waals surface area contributed by atoms with Crippen LogP contribution in [-0.2, 0) is 0 Å². The summed E-state index contributed by atoms with van der Waals surface area (Å²) in [5, 5.41) is 8.07. The molecule has 0 saturated heterocycles. The van der Waals surface area contributed by atoms with Crippen LogP contribution in [0.2, 0.25) is 0 Å². The standard InChI is InChI=1S/C14H17NS2/c1-10-8-11(10)9-15-14(12-4-2-6-16-12)13-5-3-7-17-13/h2-7,10-11,14-15H,8-9H2,1H3. The molecule has 0 aliphatic heterocycles. The van der Waals surface area contributed by atoms with Gasteiger partial charge < -0.3 is 5.32 Å². The predicted octanol–water partition coefficient (Wildman–Crippen LogP) is 4.14. The van der Waals surface area contributed by atoms with Gasteiger partial charge in [-0.3, -0.25) is 0 Å². The van der Waals surface area contributed by atoms with E-state index in [2.05, 4.69) is 47.3 Å². The van der Waals surface area contributed by atoms with Gasteiger partial charge in [-0.2, -0.15) is 0 Å². The minimum absolute atomic E-state index is 0.405. The van der Waals surface area contributed by atoms with E-state index in [0.29, 0.717) is 6.04 Å². The second kappa shape index (κ2) is 4.92. The highest BCUT2D eigenvalue weighted by atomic mass is 32.1. The van der Waals surface area contributed by atoms with E-state index in [1.165, 1.54) is 16.2 Å². The molecule has 17 heavy (non-hydrogen) atoms. The van der Waals surface area contributed by atoms with E-state index in [4.69, 9.17) is 0 Å². The topological polar surface area (TPSA) is 12.0 Å². The lowest BCUT2D eigenvalue weighted by Crippen LogP contribution is -2.23. The molecule has 1 nitrogen and oxygen atoms in total. The fraction of sp³-hybridized carbons (Fsp3) is 0.429. The van der Waals surface area contributed by atoms with E-state index in [-0.39, 0.29) is 0 Å². The molecule has 0 spiro atoms. The first kappa shape index (κ1) is 11.5. The molecule has 1 saturated carbocycles. The summed E-state index contributed by atoms with van der Waals surface area (Å²) >= 11 is 3.69. The predicted molar refractivity (Wildman–Crippen MR) is 75.8 cm³/mol. The van der Waals surface area contributed by atoms with Gasteiger partial charge in [-0.05, 0) is 47.7 Å². The van der Waals surface area contributed by atoms with Crippen molar-refractivity contribution in [2.45, 2.75) is 19.4 Å². The molecule has 3 rings (SSSR count). The average molecular weight is 263 g/mol. The van der Waals surface area contributed by atoms with Gasteiger partial charge in [0, 0.05) is 9.75 Å². The summed E-state index contributed by atoms with van der Waals surface area (Å²) < 4.78 is 0. The maximum atomic E-state index is 3.74. The second-order valence-electron chi connectivity index (χ2n) is 4.85. The highest BCUT2D eigenvalue weighted by Crippen LogP contribution is 2.38. The normalized spacial score (nSPS) is 23.2. The van der Waals surface area contributed by atoms with Crippen LogP contribution in [0, 0.1) is 11.8 Å². The molecule has 0 bridgehead atoms. The quantitative estimate of drug-likeness (QED) is 0.854. The summed E-state index contributed by atoms with van der Waals surface area (Å²) in [5.74, 6) is 1.83. The van der Waals surface area contributed by atoms with Crippen molar-refractivity contribution < 1.29 is 0 Å². The van der Waals surface area contributed by atoms with Crippen molar-refractivity contribution >= 4 is 22.7 Å². The van der Waals surface area contributed by atoms with Gasteiger partial charge in [0.1, 0.15) is 0 Å². The first-order chi connectivity index (χ1) is 8.34. The molecule has 2 aromatic rings. The van der Waals surface area contributed by atoms with Gasteiger partial charge in [-0.15, -0.1) is 22.7 Å². The van der Waals surface area contributed by atoms with Crippen LogP contribution in [0.4, 0.5) is 0 Å². The number of hydrogen-bond donors (Lipinski definition) is 1. The van der Waals surface area contributed by atoms with Crippen LogP contribution in [0.3, 0.4) is 0 Å². The van der Waals surface area contributed by atoms with Crippen LogP contribution in [0.1, 0.15) is 29.1 Å². The summed E-state index contributed by atoms with van der Waals surface area (Å²) in [7, 11) is 0. The van der Waals surface area contributed by atoms with E-state index >= 15 is 0 Å². The Kier molecular flexibility index (Phi) is 3.32. The molecule has 0 amide bonds. The van der Waals surface area contributed by atoms with E-state index in [1.807, 2.05) is 22.7 Å². The minimum atomic E-state index is 0.405. The molecule has 90 valence electrons. The molecule has 0 aromatic carbocycles. The zero-order valence-corrected chi connectivity index (χ0v) is 11.6. The molecule has 0 radical (unpaired) electrons. The number of nitrogens with one attached hydrogen (secondary N) is 1. The van der Waals surface area contributed by atoms with Crippen LogP contribution >= 0.6 is 22.7 Å². The van der Waals surface area contributed by atoms with Crippen molar-refractivity contribution in [2.75, 3.05) is 6.54 Å². The summed E-state index contributed by atoms with van der Waals surface area (Å²) in [5.41, 5.74) is 0. The van der Waals surface area contributed by atoms with Crippen molar-refractivity contribution in [1.82, 2.24) is 5.32 Å². The Hall–Kier alpha value is -0.640. The maximum absolute atomic E-state index is 3.74. The molecule has 1 N–H and O–H groups in total. The Morgan fingerprint density at radius 2 is 1.82 bits per heavy atom. The Labute approximate surface area is 111 Å². The molecule has 1 aliphatic rings. The van der Waals surface area contributed by atoms with Crippen LogP contribution in [0.25, 0.3) is 0 Å². The van der Waals surface area contributed by atoms with Crippen LogP contribution in [0.15, 0.2) is 35.0 Å². The molecule has 1 aliphatic carbocycles. The van der Waals surface area contributed by atoms with E-state index < -0.39 is 0 Å². The van der Waals surface area contributed by atoms with Gasteiger partial charge >= 0.3 is 0 Å². The lowest BCUT2D eigenvalue weighted by molar-refractivity contribution is 0.567. The highest BCUT2D eigenvalue weighted by molar-refractivity contribution is 7.11. The summed E-state index contributed by atoms with van der Waals surface area (Å²) in [4.78, 5) is 2.86. The molecule has 2 atom stereocenters. The molecule has 2 aromatic heterocycles. The Bertz CT molecular complexity index is 412. The lowest BCUT2D eigenvalue weighted by atomic mass is 10.2. The smallest absolute Gasteiger partial charge is 0.0764 e. The molecule has 1 fully saturated rings.